The van der Waals surface area contributed by atoms with Crippen molar-refractivity contribution in [1.82, 2.24) is 4.31 Å². The van der Waals surface area contributed by atoms with Crippen LogP contribution in [-0.2, 0) is 26.0 Å². The standard InChI is InChI=1S/C22H17F3N4O5S2/c1-13-19(27-2)20(17-9-8-14(12-26)10-18(17)35(3,31)32)29(36(4,33)34)21(30)28(13)16-7-5-6-15(11-16)22(23,24)25/h5-11,20H,1,3-4H3/t20-/m1/s1. The minimum Gasteiger partial charge on any atom is -0.277 e. The normalized spacial score (nSPS) is 17.1. The van der Waals surface area contributed by atoms with Crippen LogP contribution < -0.4 is 4.90 Å². The van der Waals surface area contributed by atoms with Crippen LogP contribution >= 0.6 is 0 Å². The van der Waals surface area contributed by atoms with Crippen LogP contribution in [0.5, 0.6) is 0 Å². The van der Waals surface area contributed by atoms with Gasteiger partial charge in [0, 0.05) is 17.6 Å². The molecule has 0 saturated carbocycles. The Labute approximate surface area is 205 Å². The summed E-state index contributed by atoms with van der Waals surface area (Å²) in [4.78, 5) is 17.1. The van der Waals surface area contributed by atoms with E-state index in [1.807, 2.05) is 0 Å². The number of alkyl halides is 3. The zero-order chi connectivity index (χ0) is 27.2. The van der Waals surface area contributed by atoms with Crippen LogP contribution in [0.2, 0.25) is 0 Å². The van der Waals surface area contributed by atoms with Gasteiger partial charge in [-0.1, -0.05) is 12.1 Å². The van der Waals surface area contributed by atoms with Crippen molar-refractivity contribution in [3.63, 3.8) is 0 Å². The molecule has 2 aromatic rings. The van der Waals surface area contributed by atoms with Gasteiger partial charge in [0.1, 0.15) is 6.04 Å². The number of hydrogen-bond donors (Lipinski definition) is 0. The van der Waals surface area contributed by atoms with Gasteiger partial charge in [0.15, 0.2) is 9.84 Å². The molecule has 188 valence electrons. The van der Waals surface area contributed by atoms with Gasteiger partial charge in [-0.3, -0.25) is 4.90 Å². The predicted octanol–water partition coefficient (Wildman–Crippen LogP) is 4.07. The van der Waals surface area contributed by atoms with E-state index in [1.54, 1.807) is 6.07 Å². The lowest BCUT2D eigenvalue weighted by molar-refractivity contribution is -0.137. The first kappa shape index (κ1) is 26.7. The minimum absolute atomic E-state index is 0.0668. The second kappa shape index (κ2) is 8.96. The van der Waals surface area contributed by atoms with Crippen LogP contribution in [0.1, 0.15) is 29.7 Å². The number of nitrogens with zero attached hydrogens (tertiary/aromatic N) is 4. The molecule has 0 aromatic heterocycles. The summed E-state index contributed by atoms with van der Waals surface area (Å²) < 4.78 is 90.8. The van der Waals surface area contributed by atoms with E-state index in [2.05, 4.69) is 4.85 Å². The molecule has 1 aliphatic rings. The Hall–Kier alpha value is -3.88. The quantitative estimate of drug-likeness (QED) is 0.541. The number of urea groups is 1. The number of amides is 2. The Morgan fingerprint density at radius 1 is 1.08 bits per heavy atom. The molecule has 36 heavy (non-hydrogen) atoms. The maximum atomic E-state index is 13.5. The van der Waals surface area contributed by atoms with Crippen molar-refractivity contribution in [1.29, 1.82) is 5.26 Å². The van der Waals surface area contributed by atoms with E-state index in [-0.39, 0.29) is 26.8 Å². The summed E-state index contributed by atoms with van der Waals surface area (Å²) in [5, 5.41) is 9.18. The number of allylic oxidation sites excluding steroid dienone is 1. The Kier molecular flexibility index (Phi) is 6.65. The number of sulfone groups is 1. The summed E-state index contributed by atoms with van der Waals surface area (Å²) in [6.07, 6.45) is -3.30. The average molecular weight is 539 g/mol. The predicted molar refractivity (Wildman–Crippen MR) is 122 cm³/mol. The SMILES string of the molecule is [C-]#[N+]C1=C(C)N(c2cccc(C(F)(F)F)c2)C(=O)N(S(C)(=O)=O)[C@@H]1c1ccc(C#N)cc1S(C)(=O)=O. The van der Waals surface area contributed by atoms with Gasteiger partial charge in [-0.25, -0.2) is 30.8 Å². The zero-order valence-electron chi connectivity index (χ0n) is 18.9. The van der Waals surface area contributed by atoms with E-state index in [1.165, 1.54) is 13.0 Å². The van der Waals surface area contributed by atoms with Crippen LogP contribution in [0.25, 0.3) is 4.85 Å². The number of hydrogen-bond acceptors (Lipinski definition) is 6. The van der Waals surface area contributed by atoms with Crippen LogP contribution in [0, 0.1) is 17.9 Å². The molecule has 0 spiro atoms. The highest BCUT2D eigenvalue weighted by Crippen LogP contribution is 2.44. The lowest BCUT2D eigenvalue weighted by Gasteiger charge is -2.40. The topological polar surface area (TPSA) is 120 Å². The van der Waals surface area contributed by atoms with Crippen molar-refractivity contribution in [3.8, 4) is 6.07 Å². The molecule has 14 heteroatoms. The molecule has 0 bridgehead atoms. The fourth-order valence-electron chi connectivity index (χ4n) is 3.80. The highest BCUT2D eigenvalue weighted by molar-refractivity contribution is 7.90. The highest BCUT2D eigenvalue weighted by Gasteiger charge is 2.46. The number of rotatable bonds is 4. The molecule has 1 atom stereocenters. The summed E-state index contributed by atoms with van der Waals surface area (Å²) >= 11 is 0. The molecule has 3 rings (SSSR count). The van der Waals surface area contributed by atoms with Gasteiger partial charge in [-0.05, 0) is 42.8 Å². The van der Waals surface area contributed by atoms with Crippen LogP contribution in [0.15, 0.2) is 58.8 Å². The van der Waals surface area contributed by atoms with Gasteiger partial charge >= 0.3 is 12.2 Å². The van der Waals surface area contributed by atoms with E-state index in [0.717, 1.165) is 36.6 Å². The summed E-state index contributed by atoms with van der Waals surface area (Å²) in [7, 11) is -8.60. The van der Waals surface area contributed by atoms with Gasteiger partial charge in [0.2, 0.25) is 15.7 Å². The molecule has 2 amide bonds. The first-order valence-corrected chi connectivity index (χ1v) is 13.6. The van der Waals surface area contributed by atoms with Crippen molar-refractivity contribution in [2.24, 2.45) is 0 Å². The lowest BCUT2D eigenvalue weighted by Crippen LogP contribution is -2.51. The Morgan fingerprint density at radius 2 is 1.72 bits per heavy atom. The molecular weight excluding hydrogens is 521 g/mol. The molecule has 1 aliphatic heterocycles. The maximum absolute atomic E-state index is 13.5. The Balaban J connectivity index is 2.40. The van der Waals surface area contributed by atoms with Gasteiger partial charge < -0.3 is 0 Å². The monoisotopic (exact) mass is 538 g/mol. The molecule has 9 nitrogen and oxygen atoms in total. The van der Waals surface area contributed by atoms with Crippen molar-refractivity contribution in [3.05, 3.63) is 82.0 Å². The third-order valence-corrected chi connectivity index (χ3v) is 7.56. The van der Waals surface area contributed by atoms with Gasteiger partial charge in [-0.15, -0.1) is 0 Å². The van der Waals surface area contributed by atoms with Crippen molar-refractivity contribution in [2.45, 2.75) is 24.0 Å². The molecule has 0 fully saturated rings. The third-order valence-electron chi connectivity index (χ3n) is 5.33. The molecule has 0 saturated heterocycles. The number of anilines is 1. The first-order chi connectivity index (χ1) is 16.5. The molecule has 0 radical (unpaired) electrons. The smallest absolute Gasteiger partial charge is 0.277 e. The van der Waals surface area contributed by atoms with Gasteiger partial charge in [0.05, 0.1) is 34.9 Å². The first-order valence-electron chi connectivity index (χ1n) is 9.85. The largest absolute Gasteiger partial charge is 0.416 e. The van der Waals surface area contributed by atoms with Crippen LogP contribution in [0.3, 0.4) is 0 Å². The second-order valence-electron chi connectivity index (χ2n) is 7.85. The van der Waals surface area contributed by atoms with E-state index in [4.69, 9.17) is 6.57 Å². The summed E-state index contributed by atoms with van der Waals surface area (Å²) in [5.41, 5.74) is -2.38. The van der Waals surface area contributed by atoms with Crippen LogP contribution in [0.4, 0.5) is 23.7 Å². The van der Waals surface area contributed by atoms with E-state index < -0.39 is 54.3 Å². The number of carbonyl (C=O) groups is 1. The van der Waals surface area contributed by atoms with Gasteiger partial charge in [0.25, 0.3) is 0 Å². The molecular formula is C22H17F3N4O5S2. The van der Waals surface area contributed by atoms with Crippen molar-refractivity contribution < 1.29 is 34.8 Å². The number of sulfonamides is 1. The number of nitriles is 1. The third kappa shape index (κ3) is 4.78. The number of benzene rings is 2. The lowest BCUT2D eigenvalue weighted by atomic mass is 9.98. The summed E-state index contributed by atoms with van der Waals surface area (Å²) in [6.45, 7) is 8.93. The average Bonchev–Trinajstić information content (AvgIpc) is 2.76. The Morgan fingerprint density at radius 3 is 2.22 bits per heavy atom. The number of halogens is 3. The maximum Gasteiger partial charge on any atom is 0.416 e. The van der Waals surface area contributed by atoms with Crippen molar-refractivity contribution >= 4 is 31.6 Å². The molecule has 0 aliphatic carbocycles. The fraction of sp³-hybridized carbons (Fsp3) is 0.227. The zero-order valence-corrected chi connectivity index (χ0v) is 20.5. The minimum atomic E-state index is -4.76. The highest BCUT2D eigenvalue weighted by atomic mass is 32.2. The molecule has 0 unspecified atom stereocenters. The van der Waals surface area contributed by atoms with Crippen LogP contribution in [-0.4, -0.2) is 39.7 Å². The van der Waals surface area contributed by atoms with E-state index >= 15 is 0 Å². The Bertz CT molecular complexity index is 1600. The summed E-state index contributed by atoms with van der Waals surface area (Å²) in [6, 6.07) is 5.59. The van der Waals surface area contributed by atoms with Gasteiger partial charge in [-0.2, -0.15) is 18.4 Å². The van der Waals surface area contributed by atoms with E-state index in [0.29, 0.717) is 17.2 Å². The molecule has 1 heterocycles. The summed E-state index contributed by atoms with van der Waals surface area (Å²) in [5.74, 6) is 0. The molecule has 0 N–H and O–H groups in total. The van der Waals surface area contributed by atoms with Crippen molar-refractivity contribution in [2.75, 3.05) is 17.4 Å². The fourth-order valence-corrected chi connectivity index (χ4v) is 5.71. The molecule has 2 aromatic carbocycles. The van der Waals surface area contributed by atoms with E-state index in [9.17, 15) is 40.1 Å². The second-order valence-corrected chi connectivity index (χ2v) is 11.7. The number of carbonyl (C=O) groups excluding carboxylic acids is 1.